The molecule has 0 aliphatic heterocycles. The molecule has 9 nitrogen and oxygen atoms in total. The van der Waals surface area contributed by atoms with Gasteiger partial charge in [0, 0.05) is 17.8 Å². The lowest BCUT2D eigenvalue weighted by Gasteiger charge is -2.22. The summed E-state index contributed by atoms with van der Waals surface area (Å²) in [5.41, 5.74) is 1.95. The molecule has 176 valence electrons. The van der Waals surface area contributed by atoms with Crippen molar-refractivity contribution in [2.24, 2.45) is 0 Å². The minimum atomic E-state index is -0.577. The summed E-state index contributed by atoms with van der Waals surface area (Å²) in [5, 5.41) is 10.9. The molecule has 0 bridgehead atoms. The molecule has 2 heterocycles. The number of esters is 1. The second-order valence-corrected chi connectivity index (χ2v) is 9.61. The van der Waals surface area contributed by atoms with Crippen LogP contribution in [0.4, 0.5) is 16.6 Å². The van der Waals surface area contributed by atoms with E-state index in [0.29, 0.717) is 21.6 Å². The number of carbonyl (C=O) groups excluding carboxylic acids is 2. The standard InChI is InChI=1S/C23H29N5O4S/c1-13-8-9-16(31-7)14(2)19(13)26-20(29)17-12-24-22(33-17)25-18-10-11-28(27-18)15(3)21(30)32-23(4,5)6/h8-12,15H,1-7H3,(H,26,29)(H,24,25,27). The van der Waals surface area contributed by atoms with Crippen LogP contribution in [0.5, 0.6) is 5.75 Å². The first kappa shape index (κ1) is 24.2. The summed E-state index contributed by atoms with van der Waals surface area (Å²) >= 11 is 1.20. The number of aromatic nitrogens is 3. The van der Waals surface area contributed by atoms with E-state index in [2.05, 4.69) is 20.7 Å². The number of ether oxygens (including phenoxy) is 2. The molecule has 1 amide bonds. The monoisotopic (exact) mass is 471 g/mol. The van der Waals surface area contributed by atoms with Crippen molar-refractivity contribution in [1.29, 1.82) is 0 Å². The molecule has 1 atom stereocenters. The molecular weight excluding hydrogens is 442 g/mol. The third-order valence-electron chi connectivity index (χ3n) is 4.80. The SMILES string of the molecule is COc1ccc(C)c(NC(=O)c2cnc(Nc3ccn(C(C)C(=O)OC(C)(C)C)n3)s2)c1C. The normalized spacial score (nSPS) is 12.2. The summed E-state index contributed by atoms with van der Waals surface area (Å²) in [6, 6.07) is 4.92. The molecule has 10 heteroatoms. The maximum atomic E-state index is 12.8. The smallest absolute Gasteiger partial charge is 0.331 e. The number of carbonyl (C=O) groups is 2. The average Bonchev–Trinajstić information content (AvgIpc) is 3.39. The number of benzene rings is 1. The molecule has 2 aromatic heterocycles. The first-order valence-electron chi connectivity index (χ1n) is 10.4. The zero-order valence-corrected chi connectivity index (χ0v) is 20.7. The number of anilines is 3. The van der Waals surface area contributed by atoms with Gasteiger partial charge in [-0.05, 0) is 53.2 Å². The van der Waals surface area contributed by atoms with Gasteiger partial charge in [0.15, 0.2) is 10.9 Å². The summed E-state index contributed by atoms with van der Waals surface area (Å²) in [4.78, 5) is 29.8. The summed E-state index contributed by atoms with van der Waals surface area (Å²) in [5.74, 6) is 0.586. The molecule has 0 saturated heterocycles. The highest BCUT2D eigenvalue weighted by Crippen LogP contribution is 2.30. The van der Waals surface area contributed by atoms with Crippen molar-refractivity contribution in [3.63, 3.8) is 0 Å². The minimum absolute atomic E-state index is 0.260. The Morgan fingerprint density at radius 1 is 1.18 bits per heavy atom. The number of methoxy groups -OCH3 is 1. The predicted molar refractivity (Wildman–Crippen MR) is 129 cm³/mol. The number of amides is 1. The highest BCUT2D eigenvalue weighted by Gasteiger charge is 2.23. The number of hydrogen-bond acceptors (Lipinski definition) is 8. The van der Waals surface area contributed by atoms with Crippen LogP contribution in [-0.4, -0.2) is 39.4 Å². The van der Waals surface area contributed by atoms with Gasteiger partial charge in [0.1, 0.15) is 22.3 Å². The van der Waals surface area contributed by atoms with Gasteiger partial charge in [-0.25, -0.2) is 9.78 Å². The van der Waals surface area contributed by atoms with Crippen LogP contribution in [0.25, 0.3) is 0 Å². The Kier molecular flexibility index (Phi) is 7.06. The van der Waals surface area contributed by atoms with E-state index in [4.69, 9.17) is 9.47 Å². The molecule has 1 unspecified atom stereocenters. The number of nitrogens with one attached hydrogen (secondary N) is 2. The summed E-state index contributed by atoms with van der Waals surface area (Å²) in [6.45, 7) is 11.0. The molecule has 0 fully saturated rings. The van der Waals surface area contributed by atoms with E-state index >= 15 is 0 Å². The fourth-order valence-electron chi connectivity index (χ4n) is 3.08. The van der Waals surface area contributed by atoms with Crippen molar-refractivity contribution in [3.05, 3.63) is 46.6 Å². The van der Waals surface area contributed by atoms with Crippen molar-refractivity contribution in [3.8, 4) is 5.75 Å². The van der Waals surface area contributed by atoms with E-state index < -0.39 is 11.6 Å². The van der Waals surface area contributed by atoms with E-state index in [1.807, 2.05) is 46.8 Å². The van der Waals surface area contributed by atoms with Gasteiger partial charge in [0.25, 0.3) is 5.91 Å². The van der Waals surface area contributed by atoms with Crippen LogP contribution in [0, 0.1) is 13.8 Å². The largest absolute Gasteiger partial charge is 0.496 e. The van der Waals surface area contributed by atoms with Gasteiger partial charge < -0.3 is 20.1 Å². The number of aryl methyl sites for hydroxylation is 1. The Morgan fingerprint density at radius 3 is 2.58 bits per heavy atom. The van der Waals surface area contributed by atoms with E-state index in [9.17, 15) is 9.59 Å². The van der Waals surface area contributed by atoms with E-state index in [-0.39, 0.29) is 11.9 Å². The van der Waals surface area contributed by atoms with Crippen LogP contribution in [0.2, 0.25) is 0 Å². The van der Waals surface area contributed by atoms with Crippen molar-refractivity contribution in [1.82, 2.24) is 14.8 Å². The molecule has 33 heavy (non-hydrogen) atoms. The highest BCUT2D eigenvalue weighted by atomic mass is 32.1. The van der Waals surface area contributed by atoms with Crippen molar-refractivity contribution in [2.75, 3.05) is 17.7 Å². The highest BCUT2D eigenvalue weighted by molar-refractivity contribution is 7.17. The summed E-state index contributed by atoms with van der Waals surface area (Å²) in [7, 11) is 1.60. The van der Waals surface area contributed by atoms with Gasteiger partial charge in [-0.1, -0.05) is 17.4 Å². The summed E-state index contributed by atoms with van der Waals surface area (Å²) in [6.07, 6.45) is 3.19. The maximum Gasteiger partial charge on any atom is 0.331 e. The molecule has 0 spiro atoms. The zero-order chi connectivity index (χ0) is 24.3. The molecule has 3 aromatic rings. The van der Waals surface area contributed by atoms with Crippen LogP contribution in [0.1, 0.15) is 54.5 Å². The average molecular weight is 472 g/mol. The number of hydrogen-bond donors (Lipinski definition) is 2. The second-order valence-electron chi connectivity index (χ2n) is 8.58. The molecule has 3 rings (SSSR count). The topological polar surface area (TPSA) is 107 Å². The van der Waals surface area contributed by atoms with Gasteiger partial charge >= 0.3 is 5.97 Å². The van der Waals surface area contributed by atoms with Crippen molar-refractivity contribution >= 4 is 39.9 Å². The van der Waals surface area contributed by atoms with E-state index in [0.717, 1.165) is 16.8 Å². The van der Waals surface area contributed by atoms with E-state index in [1.54, 1.807) is 26.3 Å². The van der Waals surface area contributed by atoms with Crippen molar-refractivity contribution in [2.45, 2.75) is 53.2 Å². The molecule has 0 aliphatic rings. The fourth-order valence-corrected chi connectivity index (χ4v) is 3.80. The van der Waals surface area contributed by atoms with Crippen LogP contribution < -0.4 is 15.4 Å². The molecule has 0 radical (unpaired) electrons. The quantitative estimate of drug-likeness (QED) is 0.474. The third-order valence-corrected chi connectivity index (χ3v) is 5.71. The lowest BCUT2D eigenvalue weighted by atomic mass is 10.1. The number of thiazole rings is 1. The predicted octanol–water partition coefficient (Wildman–Crippen LogP) is 4.86. The van der Waals surface area contributed by atoms with Gasteiger partial charge in [0.2, 0.25) is 0 Å². The second kappa shape index (κ2) is 9.62. The lowest BCUT2D eigenvalue weighted by molar-refractivity contribution is -0.158. The van der Waals surface area contributed by atoms with Crippen LogP contribution in [0.15, 0.2) is 30.6 Å². The molecule has 1 aromatic carbocycles. The summed E-state index contributed by atoms with van der Waals surface area (Å²) < 4.78 is 12.3. The Hall–Kier alpha value is -3.40. The fraction of sp³-hybridized carbons (Fsp3) is 0.391. The Labute approximate surface area is 197 Å². The van der Waals surface area contributed by atoms with Crippen molar-refractivity contribution < 1.29 is 19.1 Å². The minimum Gasteiger partial charge on any atom is -0.496 e. The zero-order valence-electron chi connectivity index (χ0n) is 19.8. The third kappa shape index (κ3) is 5.89. The molecule has 0 saturated carbocycles. The van der Waals surface area contributed by atoms with Gasteiger partial charge in [-0.15, -0.1) is 0 Å². The lowest BCUT2D eigenvalue weighted by Crippen LogP contribution is -2.29. The molecule has 2 N–H and O–H groups in total. The van der Waals surface area contributed by atoms with E-state index in [1.165, 1.54) is 22.2 Å². The maximum absolute atomic E-state index is 12.8. The van der Waals surface area contributed by atoms with Crippen LogP contribution in [0.3, 0.4) is 0 Å². The Balaban J connectivity index is 1.67. The first-order valence-corrected chi connectivity index (χ1v) is 11.3. The Bertz CT molecular complexity index is 1160. The van der Waals surface area contributed by atoms with Gasteiger partial charge in [-0.2, -0.15) is 5.10 Å². The molecule has 0 aliphatic carbocycles. The van der Waals surface area contributed by atoms with Gasteiger partial charge in [-0.3, -0.25) is 9.48 Å². The number of rotatable bonds is 7. The molecular formula is C23H29N5O4S. The van der Waals surface area contributed by atoms with Crippen LogP contribution >= 0.6 is 11.3 Å². The Morgan fingerprint density at radius 2 is 1.91 bits per heavy atom. The van der Waals surface area contributed by atoms with Crippen LogP contribution in [-0.2, 0) is 9.53 Å². The van der Waals surface area contributed by atoms with Gasteiger partial charge in [0.05, 0.1) is 19.0 Å². The number of nitrogens with zero attached hydrogens (tertiary/aromatic N) is 3. The first-order chi connectivity index (χ1) is 15.5.